The Kier molecular flexibility index (Phi) is 3.04. The van der Waals surface area contributed by atoms with Gasteiger partial charge in [-0.15, -0.1) is 11.3 Å². The third-order valence-corrected chi connectivity index (χ3v) is 3.98. The number of hydrogen-bond donors (Lipinski definition) is 2. The van der Waals surface area contributed by atoms with Crippen molar-refractivity contribution in [2.75, 3.05) is 13.2 Å². The molecule has 82 valence electrons. The highest BCUT2D eigenvalue weighted by Crippen LogP contribution is 2.37. The van der Waals surface area contributed by atoms with Crippen LogP contribution in [0.3, 0.4) is 0 Å². The molecule has 1 saturated heterocycles. The fourth-order valence-electron chi connectivity index (χ4n) is 1.99. The van der Waals surface area contributed by atoms with Gasteiger partial charge in [0.2, 0.25) is 5.91 Å². The highest BCUT2D eigenvalue weighted by molar-refractivity contribution is 7.10. The van der Waals surface area contributed by atoms with Crippen LogP contribution in [0.2, 0.25) is 0 Å². The quantitative estimate of drug-likeness (QED) is 0.445. The van der Waals surface area contributed by atoms with Gasteiger partial charge in [-0.1, -0.05) is 6.07 Å². The molecule has 0 aliphatic carbocycles. The van der Waals surface area contributed by atoms with Crippen LogP contribution in [-0.2, 0) is 14.9 Å². The monoisotopic (exact) mass is 226 g/mol. The summed E-state index contributed by atoms with van der Waals surface area (Å²) in [5.74, 6) is 5.15. The highest BCUT2D eigenvalue weighted by atomic mass is 32.1. The van der Waals surface area contributed by atoms with E-state index in [0.717, 1.165) is 4.88 Å². The lowest BCUT2D eigenvalue weighted by molar-refractivity contribution is -0.130. The van der Waals surface area contributed by atoms with Crippen LogP contribution in [0.4, 0.5) is 0 Å². The fourth-order valence-corrected chi connectivity index (χ4v) is 2.98. The van der Waals surface area contributed by atoms with Gasteiger partial charge >= 0.3 is 0 Å². The lowest BCUT2D eigenvalue weighted by atomic mass is 9.78. The molecular formula is C10H14N2O2S. The van der Waals surface area contributed by atoms with Crippen LogP contribution in [0.15, 0.2) is 17.5 Å². The molecule has 3 N–H and O–H groups in total. The molecule has 1 amide bonds. The third-order valence-electron chi connectivity index (χ3n) is 2.90. The summed E-state index contributed by atoms with van der Waals surface area (Å²) >= 11 is 1.60. The predicted molar refractivity (Wildman–Crippen MR) is 58.4 cm³/mol. The summed E-state index contributed by atoms with van der Waals surface area (Å²) in [7, 11) is 0. The van der Waals surface area contributed by atoms with Crippen LogP contribution >= 0.6 is 11.3 Å². The predicted octanol–water partition coefficient (Wildman–Crippen LogP) is 0.786. The Balaban J connectivity index is 2.34. The van der Waals surface area contributed by atoms with Gasteiger partial charge in [0, 0.05) is 18.1 Å². The highest BCUT2D eigenvalue weighted by Gasteiger charge is 2.42. The van der Waals surface area contributed by atoms with Crippen LogP contribution in [0.1, 0.15) is 17.7 Å². The first-order valence-electron chi connectivity index (χ1n) is 4.92. The first kappa shape index (κ1) is 10.6. The summed E-state index contributed by atoms with van der Waals surface area (Å²) in [6, 6.07) is 3.95. The molecule has 0 unspecified atom stereocenters. The van der Waals surface area contributed by atoms with Gasteiger partial charge in [0.1, 0.15) is 0 Å². The number of carbonyl (C=O) groups is 1. The zero-order valence-electron chi connectivity index (χ0n) is 8.36. The number of thiophene rings is 1. The smallest absolute Gasteiger partial charge is 0.245 e. The van der Waals surface area contributed by atoms with Gasteiger partial charge in [0.05, 0.1) is 5.41 Å². The molecule has 15 heavy (non-hydrogen) atoms. The Labute approximate surface area is 92.4 Å². The Hall–Kier alpha value is -0.910. The van der Waals surface area contributed by atoms with Gasteiger partial charge in [0.25, 0.3) is 0 Å². The lowest BCUT2D eigenvalue weighted by Crippen LogP contribution is -2.49. The Morgan fingerprint density at radius 2 is 2.27 bits per heavy atom. The van der Waals surface area contributed by atoms with E-state index in [2.05, 4.69) is 5.43 Å². The zero-order chi connectivity index (χ0) is 10.7. The van der Waals surface area contributed by atoms with Crippen LogP contribution in [0, 0.1) is 0 Å². The van der Waals surface area contributed by atoms with E-state index in [0.29, 0.717) is 26.1 Å². The van der Waals surface area contributed by atoms with E-state index in [1.54, 1.807) is 11.3 Å². The van der Waals surface area contributed by atoms with Crippen molar-refractivity contribution >= 4 is 17.2 Å². The van der Waals surface area contributed by atoms with Crippen molar-refractivity contribution in [3.05, 3.63) is 22.4 Å². The molecule has 1 aromatic rings. The lowest BCUT2D eigenvalue weighted by Gasteiger charge is -2.34. The fraction of sp³-hybridized carbons (Fsp3) is 0.500. The maximum Gasteiger partial charge on any atom is 0.245 e. The normalized spacial score (nSPS) is 19.8. The molecule has 0 saturated carbocycles. The molecule has 2 rings (SSSR count). The standard InChI is InChI=1S/C10H14N2O2S/c11-12-9(13)10(3-5-14-6-4-10)8-2-1-7-15-8/h1-2,7H,3-6,11H2,(H,12,13). The third kappa shape index (κ3) is 1.78. The number of carbonyl (C=O) groups excluding carboxylic acids is 1. The Bertz CT molecular complexity index is 331. The minimum atomic E-state index is -0.471. The average molecular weight is 226 g/mol. The van der Waals surface area contributed by atoms with Crippen molar-refractivity contribution in [2.45, 2.75) is 18.3 Å². The Morgan fingerprint density at radius 1 is 1.53 bits per heavy atom. The molecule has 2 heterocycles. The summed E-state index contributed by atoms with van der Waals surface area (Å²) in [4.78, 5) is 13.0. The molecule has 1 aliphatic rings. The summed E-state index contributed by atoms with van der Waals surface area (Å²) in [6.45, 7) is 1.23. The maximum absolute atomic E-state index is 11.9. The van der Waals surface area contributed by atoms with Gasteiger partial charge in [0.15, 0.2) is 0 Å². The molecular weight excluding hydrogens is 212 g/mol. The largest absolute Gasteiger partial charge is 0.381 e. The molecule has 0 aromatic carbocycles. The van der Waals surface area contributed by atoms with E-state index in [4.69, 9.17) is 10.6 Å². The molecule has 0 spiro atoms. The summed E-state index contributed by atoms with van der Waals surface area (Å²) < 4.78 is 5.30. The topological polar surface area (TPSA) is 64.3 Å². The molecule has 0 radical (unpaired) electrons. The van der Waals surface area contributed by atoms with Crippen molar-refractivity contribution in [3.63, 3.8) is 0 Å². The maximum atomic E-state index is 11.9. The number of hydrazine groups is 1. The Morgan fingerprint density at radius 3 is 2.80 bits per heavy atom. The van der Waals surface area contributed by atoms with E-state index in [1.165, 1.54) is 0 Å². The van der Waals surface area contributed by atoms with Gasteiger partial charge in [-0.05, 0) is 24.3 Å². The number of ether oxygens (including phenoxy) is 1. The van der Waals surface area contributed by atoms with E-state index in [-0.39, 0.29) is 5.91 Å². The second-order valence-electron chi connectivity index (χ2n) is 3.65. The van der Waals surface area contributed by atoms with Crippen molar-refractivity contribution in [3.8, 4) is 0 Å². The molecule has 0 atom stereocenters. The van der Waals surface area contributed by atoms with Gasteiger partial charge < -0.3 is 4.74 Å². The molecule has 0 bridgehead atoms. The average Bonchev–Trinajstić information content (AvgIpc) is 2.83. The molecule has 4 nitrogen and oxygen atoms in total. The second kappa shape index (κ2) is 4.30. The van der Waals surface area contributed by atoms with Crippen LogP contribution < -0.4 is 11.3 Å². The zero-order valence-corrected chi connectivity index (χ0v) is 9.18. The second-order valence-corrected chi connectivity index (χ2v) is 4.59. The number of rotatable bonds is 2. The van der Waals surface area contributed by atoms with Crippen molar-refractivity contribution in [2.24, 2.45) is 5.84 Å². The van der Waals surface area contributed by atoms with Crippen LogP contribution in [-0.4, -0.2) is 19.1 Å². The molecule has 1 fully saturated rings. The number of nitrogens with one attached hydrogen (secondary N) is 1. The van der Waals surface area contributed by atoms with Crippen LogP contribution in [0.25, 0.3) is 0 Å². The number of nitrogens with two attached hydrogens (primary N) is 1. The minimum Gasteiger partial charge on any atom is -0.381 e. The minimum absolute atomic E-state index is 0.103. The SMILES string of the molecule is NNC(=O)C1(c2cccs2)CCOCC1. The van der Waals surface area contributed by atoms with Crippen LogP contribution in [0.5, 0.6) is 0 Å². The summed E-state index contributed by atoms with van der Waals surface area (Å²) in [6.07, 6.45) is 1.41. The number of hydrogen-bond acceptors (Lipinski definition) is 4. The van der Waals surface area contributed by atoms with Crippen molar-refractivity contribution < 1.29 is 9.53 Å². The van der Waals surface area contributed by atoms with E-state index in [1.807, 2.05) is 17.5 Å². The molecule has 5 heteroatoms. The summed E-state index contributed by atoms with van der Waals surface area (Å²) in [5.41, 5.74) is 1.80. The first-order chi connectivity index (χ1) is 7.29. The van der Waals surface area contributed by atoms with Gasteiger partial charge in [-0.3, -0.25) is 10.2 Å². The van der Waals surface area contributed by atoms with Crippen molar-refractivity contribution in [1.82, 2.24) is 5.43 Å². The van der Waals surface area contributed by atoms with E-state index in [9.17, 15) is 4.79 Å². The van der Waals surface area contributed by atoms with E-state index < -0.39 is 5.41 Å². The summed E-state index contributed by atoms with van der Waals surface area (Å²) in [5, 5.41) is 1.98. The van der Waals surface area contributed by atoms with Crippen molar-refractivity contribution in [1.29, 1.82) is 0 Å². The number of amides is 1. The van der Waals surface area contributed by atoms with Gasteiger partial charge in [-0.2, -0.15) is 0 Å². The first-order valence-corrected chi connectivity index (χ1v) is 5.80. The van der Waals surface area contributed by atoms with E-state index >= 15 is 0 Å². The van der Waals surface area contributed by atoms with Gasteiger partial charge in [-0.25, -0.2) is 5.84 Å². The molecule has 1 aromatic heterocycles. The molecule has 1 aliphatic heterocycles.